The van der Waals surface area contributed by atoms with Gasteiger partial charge in [0.1, 0.15) is 17.6 Å². The van der Waals surface area contributed by atoms with Gasteiger partial charge in [0.15, 0.2) is 5.96 Å². The lowest BCUT2D eigenvalue weighted by molar-refractivity contribution is -0.0311. The van der Waals surface area contributed by atoms with E-state index in [1.807, 2.05) is 48.5 Å². The van der Waals surface area contributed by atoms with Crippen LogP contribution in [-0.2, 0) is 27.0 Å². The van der Waals surface area contributed by atoms with Crippen molar-refractivity contribution < 1.29 is 37.8 Å². The van der Waals surface area contributed by atoms with Crippen LogP contribution in [0.15, 0.2) is 77.3 Å². The average molecular weight is 864 g/mol. The van der Waals surface area contributed by atoms with Gasteiger partial charge in [0.25, 0.3) is 10.1 Å². The third-order valence-corrected chi connectivity index (χ3v) is 16.5. The van der Waals surface area contributed by atoms with Gasteiger partial charge in [-0.1, -0.05) is 80.5 Å². The van der Waals surface area contributed by atoms with E-state index in [2.05, 4.69) is 24.8 Å². The summed E-state index contributed by atoms with van der Waals surface area (Å²) in [5, 5.41) is 31.7. The standard InChI is InChI=1S/C50H61N3O8S/c1-30-8-9-34-25-39-15-17-41(34)43(30)28-45(62(57,58)59)44-27-36-23-35(26-40-22-31(29-54)6-5-7-33-24-38(55)14-16-42(33)47(36)60-40)46(44)32-10-12-37(13-11-32)50(61-39,53-48(51)52)21-20-49(56)18-3-2-4-19-49/h10-17,24-25,27,30-31,35,40,43-47,54-56H,2-4,6,8-9,18-23,26,28-29H2,1H3,(H4,51,52,53)(H,57,58,59). The zero-order valence-electron chi connectivity index (χ0n) is 35.6. The van der Waals surface area contributed by atoms with E-state index in [-0.39, 0.29) is 60.4 Å². The third-order valence-electron chi connectivity index (χ3n) is 15.3. The Balaban J connectivity index is 1.24. The average Bonchev–Trinajstić information content (AvgIpc) is 3.37. The highest BCUT2D eigenvalue weighted by molar-refractivity contribution is 7.86. The number of hydrogen-bond donors (Lipinski definition) is 6. The number of phenolic OH excluding ortho intramolecular Hbond substituents is 1. The van der Waals surface area contributed by atoms with Crippen LogP contribution in [0, 0.1) is 35.5 Å². The number of ether oxygens (including phenoxy) is 2. The number of aliphatic hydroxyl groups excluding tert-OH is 1. The van der Waals surface area contributed by atoms with Gasteiger partial charge in [0.2, 0.25) is 5.72 Å². The summed E-state index contributed by atoms with van der Waals surface area (Å²) in [6.45, 7) is 2.11. The van der Waals surface area contributed by atoms with Crippen molar-refractivity contribution in [3.63, 3.8) is 0 Å². The molecular formula is C50H61N3O8S. The predicted molar refractivity (Wildman–Crippen MR) is 238 cm³/mol. The Morgan fingerprint density at radius 3 is 2.48 bits per heavy atom. The first-order chi connectivity index (χ1) is 29.7. The molecule has 0 amide bonds. The van der Waals surface area contributed by atoms with E-state index >= 15 is 0 Å². The van der Waals surface area contributed by atoms with Crippen molar-refractivity contribution in [1.82, 2.24) is 0 Å². The molecule has 5 heterocycles. The van der Waals surface area contributed by atoms with Gasteiger partial charge in [0, 0.05) is 42.1 Å². The van der Waals surface area contributed by atoms with Crippen LogP contribution in [-0.4, -0.2) is 57.8 Å². The lowest BCUT2D eigenvalue weighted by Gasteiger charge is -2.42. The Labute approximate surface area is 365 Å². The Morgan fingerprint density at radius 1 is 0.968 bits per heavy atom. The first-order valence-corrected chi connectivity index (χ1v) is 24.2. The zero-order valence-corrected chi connectivity index (χ0v) is 36.4. The minimum atomic E-state index is -4.63. The minimum absolute atomic E-state index is 0.0583. The first kappa shape index (κ1) is 42.9. The highest BCUT2D eigenvalue weighted by Gasteiger charge is 2.49. The SMILES string of the molecule is CC1CCc2cc3ccc2C1CC(S(=O)(=O)O)C1C=C2CC(CC4CC(CO)CC#Cc5cc(O)ccc5C2O4)C1c1ccc(cc1)C(CCC1(O)CCCCC1)(N=C(N)N)O3. The monoisotopic (exact) mass is 863 g/mol. The summed E-state index contributed by atoms with van der Waals surface area (Å²) in [5.74, 6) is 5.77. The number of rotatable bonds is 6. The van der Waals surface area contributed by atoms with Crippen molar-refractivity contribution in [3.8, 4) is 23.3 Å². The molecule has 0 spiro atoms. The molecule has 12 heteroatoms. The van der Waals surface area contributed by atoms with Gasteiger partial charge in [-0.3, -0.25) is 4.55 Å². The lowest BCUT2D eigenvalue weighted by Crippen LogP contribution is -2.40. The maximum atomic E-state index is 14.1. The molecule has 10 unspecified atom stereocenters. The molecule has 0 radical (unpaired) electrons. The molecule has 62 heavy (non-hydrogen) atoms. The van der Waals surface area contributed by atoms with Crippen molar-refractivity contribution in [2.45, 2.75) is 137 Å². The number of phenols is 1. The van der Waals surface area contributed by atoms with Gasteiger partial charge in [-0.2, -0.15) is 8.42 Å². The summed E-state index contributed by atoms with van der Waals surface area (Å²) in [7, 11) is -4.63. The van der Waals surface area contributed by atoms with Gasteiger partial charge < -0.3 is 36.3 Å². The number of guanidine groups is 1. The van der Waals surface area contributed by atoms with Crippen molar-refractivity contribution in [2.24, 2.45) is 40.1 Å². The van der Waals surface area contributed by atoms with Crippen LogP contribution in [0.2, 0.25) is 0 Å². The Hall–Kier alpha value is -4.38. The molecule has 10 atom stereocenters. The summed E-state index contributed by atoms with van der Waals surface area (Å²) < 4.78 is 53.9. The van der Waals surface area contributed by atoms with Crippen molar-refractivity contribution >= 4 is 16.1 Å². The van der Waals surface area contributed by atoms with Crippen LogP contribution in [0.3, 0.4) is 0 Å². The first-order valence-electron chi connectivity index (χ1n) is 22.7. The molecule has 3 aliphatic carbocycles. The summed E-state index contributed by atoms with van der Waals surface area (Å²) in [6, 6.07) is 19.1. The number of hydrogen-bond acceptors (Lipinski definition) is 8. The van der Waals surface area contributed by atoms with Gasteiger partial charge in [-0.05, 0) is 134 Å². The second-order valence-corrected chi connectivity index (χ2v) is 21.0. The Kier molecular flexibility index (Phi) is 11.7. The minimum Gasteiger partial charge on any atom is -0.508 e. The molecule has 8 aliphatic rings. The number of allylic oxidation sites excluding steroid dienone is 1. The molecular weight excluding hydrogens is 803 g/mol. The largest absolute Gasteiger partial charge is 0.508 e. The molecule has 3 aromatic carbocycles. The summed E-state index contributed by atoms with van der Waals surface area (Å²) in [6.07, 6.45) is 10.4. The second-order valence-electron chi connectivity index (χ2n) is 19.3. The van der Waals surface area contributed by atoms with Crippen LogP contribution in [0.25, 0.3) is 0 Å². The fourth-order valence-electron chi connectivity index (χ4n) is 12.1. The Bertz CT molecular complexity index is 2400. The smallest absolute Gasteiger partial charge is 0.268 e. The maximum Gasteiger partial charge on any atom is 0.268 e. The van der Waals surface area contributed by atoms with Gasteiger partial charge >= 0.3 is 0 Å². The van der Waals surface area contributed by atoms with Crippen LogP contribution in [0.4, 0.5) is 0 Å². The summed E-state index contributed by atoms with van der Waals surface area (Å²) >= 11 is 0. The number of aliphatic hydroxyl groups is 2. The molecule has 3 aromatic rings. The van der Waals surface area contributed by atoms with E-state index in [0.29, 0.717) is 68.2 Å². The molecule has 2 fully saturated rings. The number of nitrogens with two attached hydrogens (primary N) is 2. The fourth-order valence-corrected chi connectivity index (χ4v) is 13.2. The number of nitrogens with zero attached hydrogens (tertiary/aromatic N) is 1. The van der Waals surface area contributed by atoms with E-state index in [1.165, 1.54) is 0 Å². The molecule has 8 N–H and O–H groups in total. The maximum absolute atomic E-state index is 14.1. The van der Waals surface area contributed by atoms with E-state index in [0.717, 1.165) is 59.9 Å². The van der Waals surface area contributed by atoms with Crippen LogP contribution >= 0.6 is 0 Å². The number of aliphatic imine (C=N–C) groups is 1. The lowest BCUT2D eigenvalue weighted by atomic mass is 9.64. The number of benzene rings is 3. The normalized spacial score (nSPS) is 32.5. The molecule has 10 bridgehead atoms. The van der Waals surface area contributed by atoms with Crippen LogP contribution in [0.1, 0.15) is 142 Å². The van der Waals surface area contributed by atoms with E-state index in [9.17, 15) is 28.3 Å². The van der Waals surface area contributed by atoms with Crippen molar-refractivity contribution in [2.75, 3.05) is 6.61 Å². The van der Waals surface area contributed by atoms with Crippen molar-refractivity contribution in [1.29, 1.82) is 0 Å². The quantitative estimate of drug-likeness (QED) is 0.0471. The summed E-state index contributed by atoms with van der Waals surface area (Å²) in [5.41, 5.74) is 16.3. The molecule has 11 rings (SSSR count). The second kappa shape index (κ2) is 17.0. The molecule has 5 aliphatic heterocycles. The fraction of sp³-hybridized carbons (Fsp3) is 0.540. The molecule has 11 nitrogen and oxygen atoms in total. The van der Waals surface area contributed by atoms with Crippen molar-refractivity contribution in [3.05, 3.63) is 106 Å². The third kappa shape index (κ3) is 8.51. The Morgan fingerprint density at radius 2 is 1.74 bits per heavy atom. The molecule has 0 aromatic heterocycles. The number of aryl methyl sites for hydroxylation is 1. The van der Waals surface area contributed by atoms with Gasteiger partial charge in [-0.15, -0.1) is 0 Å². The van der Waals surface area contributed by atoms with E-state index < -0.39 is 38.7 Å². The van der Waals surface area contributed by atoms with Crippen LogP contribution < -0.4 is 16.2 Å². The molecule has 330 valence electrons. The zero-order chi connectivity index (χ0) is 43.4. The predicted octanol–water partition coefficient (Wildman–Crippen LogP) is 7.63. The van der Waals surface area contributed by atoms with E-state index in [4.69, 9.17) is 25.9 Å². The topological polar surface area (TPSA) is 198 Å². The highest BCUT2D eigenvalue weighted by atomic mass is 32.2. The molecule has 1 saturated carbocycles. The summed E-state index contributed by atoms with van der Waals surface area (Å²) in [4.78, 5) is 4.87. The van der Waals surface area contributed by atoms with Crippen LogP contribution in [0.5, 0.6) is 11.5 Å². The number of aromatic hydroxyl groups is 1. The van der Waals surface area contributed by atoms with E-state index in [1.54, 1.807) is 12.1 Å². The number of fused-ring (bicyclic) bond motifs is 9. The van der Waals surface area contributed by atoms with Gasteiger partial charge in [0.05, 0.1) is 17.0 Å². The highest BCUT2D eigenvalue weighted by Crippen LogP contribution is 2.55. The molecule has 1 saturated heterocycles. The van der Waals surface area contributed by atoms with Gasteiger partial charge in [-0.25, -0.2) is 4.99 Å².